The zero-order valence-electron chi connectivity index (χ0n) is 13.2. The number of hydrogen-bond donors (Lipinski definition) is 2. The SMILES string of the molecule is C[C@@H](Sc1n[nH]c(-c2ccccc2F)n1)C(=O)Nc1ccc(Cl)cc1. The summed E-state index contributed by atoms with van der Waals surface area (Å²) < 4.78 is 13.8. The average molecular weight is 377 g/mol. The van der Waals surface area contributed by atoms with Gasteiger partial charge in [-0.3, -0.25) is 9.89 Å². The van der Waals surface area contributed by atoms with Gasteiger partial charge in [0.2, 0.25) is 11.1 Å². The van der Waals surface area contributed by atoms with Crippen LogP contribution in [-0.4, -0.2) is 26.3 Å². The van der Waals surface area contributed by atoms with E-state index in [0.29, 0.717) is 27.3 Å². The Bertz CT molecular complexity index is 884. The second kappa shape index (κ2) is 7.67. The molecule has 128 valence electrons. The fourth-order valence-corrected chi connectivity index (χ4v) is 2.91. The van der Waals surface area contributed by atoms with Crippen LogP contribution in [0.4, 0.5) is 10.1 Å². The maximum Gasteiger partial charge on any atom is 0.237 e. The predicted octanol–water partition coefficient (Wildman–Crippen LogP) is 4.38. The summed E-state index contributed by atoms with van der Waals surface area (Å²) in [6, 6.07) is 13.1. The number of nitrogens with zero attached hydrogens (tertiary/aromatic N) is 2. The van der Waals surface area contributed by atoms with Crippen molar-refractivity contribution in [3.05, 3.63) is 59.4 Å². The standard InChI is InChI=1S/C17H14ClFN4OS/c1-10(16(24)20-12-8-6-11(18)7-9-12)25-17-21-15(22-23-17)13-4-2-3-5-14(13)19/h2-10H,1H3,(H,20,24)(H,21,22,23)/t10-/m1/s1. The van der Waals surface area contributed by atoms with Gasteiger partial charge >= 0.3 is 0 Å². The number of carbonyl (C=O) groups is 1. The summed E-state index contributed by atoms with van der Waals surface area (Å²) >= 11 is 7.00. The molecule has 2 aromatic carbocycles. The van der Waals surface area contributed by atoms with E-state index in [2.05, 4.69) is 20.5 Å². The van der Waals surface area contributed by atoms with Crippen LogP contribution in [0.5, 0.6) is 0 Å². The molecule has 2 N–H and O–H groups in total. The number of thioether (sulfide) groups is 1. The van der Waals surface area contributed by atoms with Crippen molar-refractivity contribution in [3.63, 3.8) is 0 Å². The smallest absolute Gasteiger partial charge is 0.237 e. The third kappa shape index (κ3) is 4.37. The lowest BCUT2D eigenvalue weighted by atomic mass is 10.2. The van der Waals surface area contributed by atoms with E-state index >= 15 is 0 Å². The molecule has 8 heteroatoms. The molecule has 25 heavy (non-hydrogen) atoms. The summed E-state index contributed by atoms with van der Waals surface area (Å²) in [5, 5.41) is 10.1. The highest BCUT2D eigenvalue weighted by Crippen LogP contribution is 2.25. The van der Waals surface area contributed by atoms with Crippen molar-refractivity contribution in [2.45, 2.75) is 17.3 Å². The van der Waals surface area contributed by atoms with Crippen molar-refractivity contribution in [1.82, 2.24) is 15.2 Å². The summed E-state index contributed by atoms with van der Waals surface area (Å²) in [7, 11) is 0. The van der Waals surface area contributed by atoms with Crippen molar-refractivity contribution in [2.75, 3.05) is 5.32 Å². The minimum Gasteiger partial charge on any atom is -0.325 e. The molecule has 1 heterocycles. The Hall–Kier alpha value is -2.38. The third-order valence-corrected chi connectivity index (χ3v) is 4.57. The van der Waals surface area contributed by atoms with E-state index in [1.807, 2.05) is 0 Å². The Morgan fingerprint density at radius 2 is 1.96 bits per heavy atom. The van der Waals surface area contributed by atoms with Crippen LogP contribution in [0, 0.1) is 5.82 Å². The highest BCUT2D eigenvalue weighted by atomic mass is 35.5. The van der Waals surface area contributed by atoms with Gasteiger partial charge in [-0.05, 0) is 43.3 Å². The molecule has 0 aliphatic carbocycles. The number of hydrogen-bond acceptors (Lipinski definition) is 4. The Balaban J connectivity index is 1.65. The van der Waals surface area contributed by atoms with Crippen LogP contribution in [0.2, 0.25) is 5.02 Å². The highest BCUT2D eigenvalue weighted by Gasteiger charge is 2.18. The van der Waals surface area contributed by atoms with Gasteiger partial charge in [0.1, 0.15) is 5.82 Å². The molecule has 0 aliphatic rings. The van der Waals surface area contributed by atoms with E-state index < -0.39 is 5.25 Å². The van der Waals surface area contributed by atoms with Crippen molar-refractivity contribution >= 4 is 35.0 Å². The predicted molar refractivity (Wildman–Crippen MR) is 97.2 cm³/mol. The number of aromatic nitrogens is 3. The van der Waals surface area contributed by atoms with Gasteiger partial charge in [0, 0.05) is 10.7 Å². The number of rotatable bonds is 5. The lowest BCUT2D eigenvalue weighted by molar-refractivity contribution is -0.115. The number of benzene rings is 2. The Morgan fingerprint density at radius 1 is 1.24 bits per heavy atom. The molecule has 0 radical (unpaired) electrons. The maximum absolute atomic E-state index is 13.8. The number of aromatic amines is 1. The molecule has 0 spiro atoms. The van der Waals surface area contributed by atoms with Gasteiger partial charge in [-0.15, -0.1) is 5.10 Å². The van der Waals surface area contributed by atoms with Gasteiger partial charge in [0.25, 0.3) is 0 Å². The van der Waals surface area contributed by atoms with Crippen molar-refractivity contribution in [1.29, 1.82) is 0 Å². The summed E-state index contributed by atoms with van der Waals surface area (Å²) in [5.41, 5.74) is 0.990. The van der Waals surface area contributed by atoms with Crippen LogP contribution < -0.4 is 5.32 Å². The minimum absolute atomic E-state index is 0.190. The van der Waals surface area contributed by atoms with Crippen molar-refractivity contribution in [3.8, 4) is 11.4 Å². The fraction of sp³-hybridized carbons (Fsp3) is 0.118. The van der Waals surface area contributed by atoms with E-state index in [1.165, 1.54) is 17.8 Å². The van der Waals surface area contributed by atoms with Crippen molar-refractivity contribution in [2.24, 2.45) is 0 Å². The molecule has 0 bridgehead atoms. The van der Waals surface area contributed by atoms with E-state index in [-0.39, 0.29) is 11.7 Å². The third-order valence-electron chi connectivity index (χ3n) is 3.36. The largest absolute Gasteiger partial charge is 0.325 e. The first-order valence-electron chi connectivity index (χ1n) is 7.43. The summed E-state index contributed by atoms with van der Waals surface area (Å²) in [4.78, 5) is 16.5. The zero-order valence-corrected chi connectivity index (χ0v) is 14.7. The average Bonchev–Trinajstić information content (AvgIpc) is 3.05. The second-order valence-corrected chi connectivity index (χ2v) is 6.95. The molecular weight excluding hydrogens is 363 g/mol. The van der Waals surface area contributed by atoms with Crippen molar-refractivity contribution < 1.29 is 9.18 Å². The number of carbonyl (C=O) groups excluding carboxylic acids is 1. The van der Waals surface area contributed by atoms with Crippen LogP contribution in [0.25, 0.3) is 11.4 Å². The lowest BCUT2D eigenvalue weighted by Gasteiger charge is -2.10. The lowest BCUT2D eigenvalue weighted by Crippen LogP contribution is -2.22. The number of halogens is 2. The van der Waals surface area contributed by atoms with E-state index in [1.54, 1.807) is 49.4 Å². The number of amides is 1. The van der Waals surface area contributed by atoms with Gasteiger partial charge in [0.05, 0.1) is 10.8 Å². The molecule has 0 saturated heterocycles. The first kappa shape index (κ1) is 17.4. The normalized spacial score (nSPS) is 12.0. The van der Waals surface area contributed by atoms with Crippen LogP contribution >= 0.6 is 23.4 Å². The van der Waals surface area contributed by atoms with Gasteiger partial charge < -0.3 is 5.32 Å². The second-order valence-electron chi connectivity index (χ2n) is 5.20. The van der Waals surface area contributed by atoms with Gasteiger partial charge in [-0.25, -0.2) is 9.37 Å². The summed E-state index contributed by atoms with van der Waals surface area (Å²) in [5.74, 6) is -0.251. The fourth-order valence-electron chi connectivity index (χ4n) is 2.06. The van der Waals surface area contributed by atoms with Gasteiger partial charge in [0.15, 0.2) is 5.82 Å². The van der Waals surface area contributed by atoms with Crippen LogP contribution in [0.15, 0.2) is 53.7 Å². The van der Waals surface area contributed by atoms with Gasteiger partial charge in [-0.2, -0.15) is 0 Å². The number of H-pyrrole nitrogens is 1. The van der Waals surface area contributed by atoms with E-state index in [0.717, 1.165) is 0 Å². The van der Waals surface area contributed by atoms with Crippen LogP contribution in [0.1, 0.15) is 6.92 Å². The molecule has 0 aliphatic heterocycles. The summed E-state index contributed by atoms with van der Waals surface area (Å²) in [6.45, 7) is 1.75. The molecule has 0 fully saturated rings. The molecule has 1 aromatic heterocycles. The Morgan fingerprint density at radius 3 is 2.68 bits per heavy atom. The number of anilines is 1. The molecule has 0 saturated carbocycles. The quantitative estimate of drug-likeness (QED) is 0.648. The number of nitrogens with one attached hydrogen (secondary N) is 2. The topological polar surface area (TPSA) is 70.7 Å². The van der Waals surface area contributed by atoms with Crippen LogP contribution in [-0.2, 0) is 4.79 Å². The first-order valence-corrected chi connectivity index (χ1v) is 8.69. The summed E-state index contributed by atoms with van der Waals surface area (Å²) in [6.07, 6.45) is 0. The Labute approximate surface area is 153 Å². The first-order chi connectivity index (χ1) is 12.0. The molecule has 5 nitrogen and oxygen atoms in total. The molecule has 3 rings (SSSR count). The molecular formula is C17H14ClFN4OS. The molecule has 1 amide bonds. The van der Waals surface area contributed by atoms with E-state index in [4.69, 9.17) is 11.6 Å². The maximum atomic E-state index is 13.8. The zero-order chi connectivity index (χ0) is 17.8. The molecule has 0 unspecified atom stereocenters. The monoisotopic (exact) mass is 376 g/mol. The molecule has 3 aromatic rings. The van der Waals surface area contributed by atoms with Crippen LogP contribution in [0.3, 0.4) is 0 Å². The highest BCUT2D eigenvalue weighted by molar-refractivity contribution is 8.00. The molecule has 1 atom stereocenters. The Kier molecular flexibility index (Phi) is 5.35. The van der Waals surface area contributed by atoms with E-state index in [9.17, 15) is 9.18 Å². The van der Waals surface area contributed by atoms with Gasteiger partial charge in [-0.1, -0.05) is 35.5 Å². The minimum atomic E-state index is -0.431.